The largest absolute Gasteiger partial charge is 0.493 e. The second-order valence-electron chi connectivity index (χ2n) is 8.38. The van der Waals surface area contributed by atoms with Crippen molar-refractivity contribution in [3.05, 3.63) is 68.6 Å². The summed E-state index contributed by atoms with van der Waals surface area (Å²) in [5, 5.41) is 0. The molecule has 0 spiro atoms. The molecule has 162 valence electrons. The monoisotopic (exact) mass is 419 g/mol. The highest BCUT2D eigenvalue weighted by Gasteiger charge is 2.26. The molecular formula is C25H29N3O3. The highest BCUT2D eigenvalue weighted by Crippen LogP contribution is 2.40. The van der Waals surface area contributed by atoms with Crippen molar-refractivity contribution < 1.29 is 9.47 Å². The summed E-state index contributed by atoms with van der Waals surface area (Å²) in [7, 11) is 5.04. The number of hydrogen-bond acceptors (Lipinski definition) is 4. The fourth-order valence-electron chi connectivity index (χ4n) is 4.59. The molecule has 3 aromatic rings. The number of nitrogens with zero attached hydrogens (tertiary/aromatic N) is 3. The second-order valence-corrected chi connectivity index (χ2v) is 8.38. The molecule has 2 aromatic carbocycles. The van der Waals surface area contributed by atoms with E-state index < -0.39 is 0 Å². The van der Waals surface area contributed by atoms with Gasteiger partial charge in [-0.15, -0.1) is 0 Å². The molecule has 0 aliphatic carbocycles. The van der Waals surface area contributed by atoms with E-state index in [1.807, 2.05) is 22.8 Å². The minimum absolute atomic E-state index is 0.0243. The number of rotatable bonds is 3. The molecule has 1 aliphatic heterocycles. The first kappa shape index (κ1) is 21.0. The topological polar surface area (TPSA) is 57.8 Å². The van der Waals surface area contributed by atoms with Gasteiger partial charge in [0.25, 0.3) is 0 Å². The molecule has 2 heterocycles. The van der Waals surface area contributed by atoms with Gasteiger partial charge in [0.1, 0.15) is 5.49 Å². The van der Waals surface area contributed by atoms with Gasteiger partial charge in [-0.25, -0.2) is 9.79 Å². The number of aromatic nitrogens is 2. The van der Waals surface area contributed by atoms with E-state index in [4.69, 9.17) is 14.5 Å². The van der Waals surface area contributed by atoms with E-state index in [0.29, 0.717) is 17.0 Å². The summed E-state index contributed by atoms with van der Waals surface area (Å²) < 4.78 is 14.5. The third-order valence-electron chi connectivity index (χ3n) is 6.07. The zero-order chi connectivity index (χ0) is 22.4. The van der Waals surface area contributed by atoms with Crippen molar-refractivity contribution >= 4 is 5.69 Å². The Morgan fingerprint density at radius 1 is 0.968 bits per heavy atom. The molecule has 4 rings (SSSR count). The van der Waals surface area contributed by atoms with Gasteiger partial charge < -0.3 is 9.47 Å². The van der Waals surface area contributed by atoms with Crippen molar-refractivity contribution in [2.24, 2.45) is 12.0 Å². The maximum Gasteiger partial charge on any atom is 0.330 e. The minimum atomic E-state index is -0.0772. The van der Waals surface area contributed by atoms with Crippen molar-refractivity contribution in [2.45, 2.75) is 40.2 Å². The van der Waals surface area contributed by atoms with Crippen molar-refractivity contribution in [3.63, 3.8) is 0 Å². The summed E-state index contributed by atoms with van der Waals surface area (Å²) >= 11 is 0. The number of methoxy groups -OCH3 is 2. The van der Waals surface area contributed by atoms with Crippen LogP contribution in [0.2, 0.25) is 0 Å². The van der Waals surface area contributed by atoms with E-state index in [9.17, 15) is 4.79 Å². The van der Waals surface area contributed by atoms with E-state index in [0.717, 1.165) is 40.1 Å². The highest BCUT2D eigenvalue weighted by atomic mass is 16.5. The van der Waals surface area contributed by atoms with E-state index in [1.54, 1.807) is 25.8 Å². The van der Waals surface area contributed by atoms with Crippen LogP contribution < -0.4 is 20.7 Å². The van der Waals surface area contributed by atoms with Crippen molar-refractivity contribution in [1.82, 2.24) is 9.13 Å². The Balaban J connectivity index is 2.03. The van der Waals surface area contributed by atoms with Gasteiger partial charge in [-0.3, -0.25) is 9.13 Å². The molecule has 6 heteroatoms. The molecule has 0 N–H and O–H groups in total. The molecular weight excluding hydrogens is 390 g/mol. The number of hydrogen-bond donors (Lipinski definition) is 0. The predicted molar refractivity (Wildman–Crippen MR) is 123 cm³/mol. The number of benzene rings is 2. The SMILES string of the molecule is COc1cc2c(cc1OC)-c1cc(=Nc3c(C)cc(C)cc3C)n(C)c(=O)n1[C@@H](C)C2. The zero-order valence-corrected chi connectivity index (χ0v) is 19.2. The first-order valence-electron chi connectivity index (χ1n) is 10.5. The van der Waals surface area contributed by atoms with Gasteiger partial charge in [0.2, 0.25) is 0 Å². The van der Waals surface area contributed by atoms with Crippen LogP contribution in [0, 0.1) is 20.8 Å². The molecule has 0 saturated heterocycles. The summed E-state index contributed by atoms with van der Waals surface area (Å²) in [5.41, 5.74) is 7.79. The molecule has 0 saturated carbocycles. The molecule has 6 nitrogen and oxygen atoms in total. The molecule has 0 bridgehead atoms. The van der Waals surface area contributed by atoms with Crippen molar-refractivity contribution in [1.29, 1.82) is 0 Å². The Hall–Kier alpha value is -3.28. The summed E-state index contributed by atoms with van der Waals surface area (Å²) in [6.45, 7) is 8.25. The Bertz CT molecular complexity index is 1290. The minimum Gasteiger partial charge on any atom is -0.493 e. The van der Waals surface area contributed by atoms with Crippen molar-refractivity contribution in [2.75, 3.05) is 14.2 Å². The Morgan fingerprint density at radius 2 is 1.58 bits per heavy atom. The van der Waals surface area contributed by atoms with Crippen LogP contribution in [0.15, 0.2) is 40.1 Å². The number of ether oxygens (including phenoxy) is 2. The number of aryl methyl sites for hydroxylation is 3. The van der Waals surface area contributed by atoms with E-state index in [1.165, 1.54) is 5.56 Å². The molecule has 31 heavy (non-hydrogen) atoms. The van der Waals surface area contributed by atoms with E-state index in [2.05, 4.69) is 39.8 Å². The van der Waals surface area contributed by atoms with Crippen LogP contribution in [0.3, 0.4) is 0 Å². The van der Waals surface area contributed by atoms with E-state index in [-0.39, 0.29) is 11.7 Å². The van der Waals surface area contributed by atoms with Gasteiger partial charge >= 0.3 is 5.69 Å². The van der Waals surface area contributed by atoms with Crippen molar-refractivity contribution in [3.8, 4) is 22.8 Å². The average molecular weight is 420 g/mol. The van der Waals surface area contributed by atoms with Gasteiger partial charge in [0, 0.05) is 24.7 Å². The van der Waals surface area contributed by atoms with Crippen LogP contribution >= 0.6 is 0 Å². The average Bonchev–Trinajstić information content (AvgIpc) is 2.72. The first-order valence-corrected chi connectivity index (χ1v) is 10.5. The summed E-state index contributed by atoms with van der Waals surface area (Å²) in [6.07, 6.45) is 0.745. The molecule has 0 fully saturated rings. The van der Waals surface area contributed by atoms with Crippen LogP contribution in [-0.2, 0) is 13.5 Å². The molecule has 0 unspecified atom stereocenters. The fourth-order valence-corrected chi connectivity index (χ4v) is 4.59. The molecule has 0 radical (unpaired) electrons. The smallest absolute Gasteiger partial charge is 0.330 e. The lowest BCUT2D eigenvalue weighted by molar-refractivity contribution is 0.354. The normalized spacial score (nSPS) is 15.5. The van der Waals surface area contributed by atoms with Gasteiger partial charge in [0.15, 0.2) is 11.5 Å². The third kappa shape index (κ3) is 3.46. The Morgan fingerprint density at radius 3 is 2.19 bits per heavy atom. The number of fused-ring (bicyclic) bond motifs is 3. The predicted octanol–water partition coefficient (Wildman–Crippen LogP) is 4.15. The lowest BCUT2D eigenvalue weighted by atomic mass is 9.93. The summed E-state index contributed by atoms with van der Waals surface area (Å²) in [6, 6.07) is 10.2. The zero-order valence-electron chi connectivity index (χ0n) is 19.2. The quantitative estimate of drug-likeness (QED) is 0.641. The molecule has 0 amide bonds. The summed E-state index contributed by atoms with van der Waals surface area (Å²) in [5.74, 6) is 1.34. The second kappa shape index (κ2) is 7.76. The van der Waals surface area contributed by atoms with Gasteiger partial charge in [-0.1, -0.05) is 17.7 Å². The Labute approximate surface area is 182 Å². The molecule has 1 aromatic heterocycles. The lowest BCUT2D eigenvalue weighted by Crippen LogP contribution is -2.41. The molecule has 1 atom stereocenters. The van der Waals surface area contributed by atoms with Crippen LogP contribution in [0.1, 0.15) is 35.2 Å². The first-order chi connectivity index (χ1) is 14.7. The molecule has 1 aliphatic rings. The van der Waals surface area contributed by atoms with Gasteiger partial charge in [-0.2, -0.15) is 0 Å². The lowest BCUT2D eigenvalue weighted by Gasteiger charge is -2.28. The highest BCUT2D eigenvalue weighted by molar-refractivity contribution is 5.70. The third-order valence-corrected chi connectivity index (χ3v) is 6.07. The maximum atomic E-state index is 13.4. The summed E-state index contributed by atoms with van der Waals surface area (Å²) in [4.78, 5) is 18.3. The standard InChI is InChI=1S/C25H29N3O3/c1-14-8-15(2)24(16(3)9-14)26-23-13-20-19-12-22(31-7)21(30-6)11-18(19)10-17(4)28(20)25(29)27(23)5/h8-9,11-13,17H,10H2,1-7H3/t17-/m0/s1. The van der Waals surface area contributed by atoms with Crippen LogP contribution in [-0.4, -0.2) is 23.4 Å². The fraction of sp³-hybridized carbons (Fsp3) is 0.360. The van der Waals surface area contributed by atoms with Gasteiger partial charge in [-0.05, 0) is 62.9 Å². The maximum absolute atomic E-state index is 13.4. The Kier molecular flexibility index (Phi) is 5.25. The van der Waals surface area contributed by atoms with E-state index >= 15 is 0 Å². The van der Waals surface area contributed by atoms with Gasteiger partial charge in [0.05, 0.1) is 25.6 Å². The van der Waals surface area contributed by atoms with Crippen LogP contribution in [0.5, 0.6) is 11.5 Å². The van der Waals surface area contributed by atoms with Crippen LogP contribution in [0.25, 0.3) is 11.3 Å². The van der Waals surface area contributed by atoms with Crippen LogP contribution in [0.4, 0.5) is 5.69 Å².